The Morgan fingerprint density at radius 2 is 2.12 bits per heavy atom. The third-order valence-electron chi connectivity index (χ3n) is 3.04. The van der Waals surface area contributed by atoms with Crippen molar-refractivity contribution in [1.82, 2.24) is 10.3 Å². The van der Waals surface area contributed by atoms with E-state index in [1.807, 2.05) is 6.92 Å². The second-order valence-corrected chi connectivity index (χ2v) is 4.47. The van der Waals surface area contributed by atoms with Gasteiger partial charge in [-0.15, -0.1) is 0 Å². The molecule has 1 fully saturated rings. The predicted molar refractivity (Wildman–Crippen MR) is 60.1 cm³/mol. The van der Waals surface area contributed by atoms with Crippen molar-refractivity contribution >= 4 is 5.91 Å². The molecule has 0 unspecified atom stereocenters. The minimum atomic E-state index is 0.0474. The zero-order valence-corrected chi connectivity index (χ0v) is 9.88. The number of aromatic nitrogens is 1. The number of amides is 1. The first-order valence-corrected chi connectivity index (χ1v) is 5.87. The fourth-order valence-corrected chi connectivity index (χ4v) is 2.23. The molecule has 1 amide bonds. The molecule has 1 heterocycles. The highest BCUT2D eigenvalue weighted by molar-refractivity contribution is 5.78. The molecule has 0 bridgehead atoms. The van der Waals surface area contributed by atoms with Gasteiger partial charge in [0, 0.05) is 13.0 Å². The van der Waals surface area contributed by atoms with Gasteiger partial charge in [0.25, 0.3) is 0 Å². The maximum atomic E-state index is 11.7. The second kappa shape index (κ2) is 4.68. The second-order valence-electron chi connectivity index (χ2n) is 4.47. The molecule has 0 radical (unpaired) electrons. The Morgan fingerprint density at radius 1 is 1.44 bits per heavy atom. The number of rotatable bonds is 3. The molecule has 0 spiro atoms. The van der Waals surface area contributed by atoms with Gasteiger partial charge in [0.05, 0.1) is 12.1 Å². The van der Waals surface area contributed by atoms with Gasteiger partial charge in [0.1, 0.15) is 5.76 Å². The zero-order valence-electron chi connectivity index (χ0n) is 9.88. The van der Waals surface area contributed by atoms with Crippen molar-refractivity contribution in [3.8, 4) is 0 Å². The normalized spacial score (nSPS) is 16.6. The Balaban J connectivity index is 1.89. The number of nitrogens with zero attached hydrogens (tertiary/aromatic N) is 1. The van der Waals surface area contributed by atoms with E-state index < -0.39 is 0 Å². The van der Waals surface area contributed by atoms with Gasteiger partial charge in [-0.25, -0.2) is 4.98 Å². The molecule has 1 N–H and O–H groups in total. The fourth-order valence-electron chi connectivity index (χ4n) is 2.23. The molecule has 88 valence electrons. The first-order valence-electron chi connectivity index (χ1n) is 5.87. The first-order chi connectivity index (χ1) is 7.65. The van der Waals surface area contributed by atoms with Gasteiger partial charge in [0.2, 0.25) is 5.91 Å². The van der Waals surface area contributed by atoms with Crippen LogP contribution in [0.2, 0.25) is 0 Å². The number of hydrogen-bond acceptors (Lipinski definition) is 3. The molecular formula is C12H18N2O2. The number of carbonyl (C=O) groups is 1. The van der Waals surface area contributed by atoms with E-state index in [0.29, 0.717) is 24.1 Å². The van der Waals surface area contributed by atoms with Crippen LogP contribution in [0.4, 0.5) is 0 Å². The molecule has 2 rings (SSSR count). The Labute approximate surface area is 95.4 Å². The quantitative estimate of drug-likeness (QED) is 0.849. The molecule has 1 aromatic heterocycles. The van der Waals surface area contributed by atoms with E-state index in [1.54, 1.807) is 6.92 Å². The Morgan fingerprint density at radius 3 is 2.69 bits per heavy atom. The molecule has 4 heteroatoms. The third-order valence-corrected chi connectivity index (χ3v) is 3.04. The van der Waals surface area contributed by atoms with Crippen LogP contribution < -0.4 is 5.32 Å². The summed E-state index contributed by atoms with van der Waals surface area (Å²) < 4.78 is 5.38. The Hall–Kier alpha value is -1.32. The molecular weight excluding hydrogens is 204 g/mol. The highest BCUT2D eigenvalue weighted by Crippen LogP contribution is 2.18. The lowest BCUT2D eigenvalue weighted by Gasteiger charge is -2.10. The molecule has 0 aromatic carbocycles. The van der Waals surface area contributed by atoms with Crippen LogP contribution in [0.3, 0.4) is 0 Å². The monoisotopic (exact) mass is 222 g/mol. The topological polar surface area (TPSA) is 55.1 Å². The summed E-state index contributed by atoms with van der Waals surface area (Å²) in [6.45, 7) is 3.67. The highest BCUT2D eigenvalue weighted by atomic mass is 16.4. The maximum absolute atomic E-state index is 11.7. The maximum Gasteiger partial charge on any atom is 0.227 e. The zero-order chi connectivity index (χ0) is 11.5. The van der Waals surface area contributed by atoms with Gasteiger partial charge >= 0.3 is 0 Å². The van der Waals surface area contributed by atoms with Gasteiger partial charge in [-0.05, 0) is 19.8 Å². The van der Waals surface area contributed by atoms with Crippen LogP contribution in [0.1, 0.15) is 43.0 Å². The van der Waals surface area contributed by atoms with Gasteiger partial charge in [-0.3, -0.25) is 4.79 Å². The van der Waals surface area contributed by atoms with Crippen LogP contribution in [0.15, 0.2) is 4.42 Å². The van der Waals surface area contributed by atoms with Gasteiger partial charge < -0.3 is 9.73 Å². The largest absolute Gasteiger partial charge is 0.445 e. The Bertz CT molecular complexity index is 378. The van der Waals surface area contributed by atoms with Crippen molar-refractivity contribution in [3.63, 3.8) is 0 Å². The van der Waals surface area contributed by atoms with E-state index in [4.69, 9.17) is 4.42 Å². The molecule has 1 aromatic rings. The van der Waals surface area contributed by atoms with Crippen molar-refractivity contribution in [2.75, 3.05) is 0 Å². The summed E-state index contributed by atoms with van der Waals surface area (Å²) >= 11 is 0. The van der Waals surface area contributed by atoms with Crippen molar-refractivity contribution in [2.45, 2.75) is 52.0 Å². The molecule has 0 saturated heterocycles. The summed E-state index contributed by atoms with van der Waals surface area (Å²) in [7, 11) is 0. The summed E-state index contributed by atoms with van der Waals surface area (Å²) in [6.07, 6.45) is 4.99. The molecule has 16 heavy (non-hydrogen) atoms. The Kier molecular flexibility index (Phi) is 3.27. The van der Waals surface area contributed by atoms with Crippen LogP contribution >= 0.6 is 0 Å². The highest BCUT2D eigenvalue weighted by Gasteiger charge is 2.18. The summed E-state index contributed by atoms with van der Waals surface area (Å²) in [5.41, 5.74) is 0.819. The van der Waals surface area contributed by atoms with E-state index in [1.165, 1.54) is 12.8 Å². The first kappa shape index (κ1) is 11.2. The van der Waals surface area contributed by atoms with Crippen LogP contribution in [-0.2, 0) is 11.2 Å². The van der Waals surface area contributed by atoms with Crippen molar-refractivity contribution in [1.29, 1.82) is 0 Å². The van der Waals surface area contributed by atoms with Crippen LogP contribution in [0, 0.1) is 13.8 Å². The third kappa shape index (κ3) is 2.62. The SMILES string of the molecule is Cc1nc(C)c(CC(=O)NC2CCCC2)o1. The van der Waals surface area contributed by atoms with E-state index in [0.717, 1.165) is 18.5 Å². The average Bonchev–Trinajstić information content (AvgIpc) is 2.78. The standard InChI is InChI=1S/C12H18N2O2/c1-8-11(16-9(2)13-8)7-12(15)14-10-5-3-4-6-10/h10H,3-7H2,1-2H3,(H,14,15). The molecule has 1 saturated carbocycles. The summed E-state index contributed by atoms with van der Waals surface area (Å²) in [5.74, 6) is 1.36. The predicted octanol–water partition coefficient (Wildman–Crippen LogP) is 1.89. The summed E-state index contributed by atoms with van der Waals surface area (Å²) in [5, 5.41) is 3.04. The number of hydrogen-bond donors (Lipinski definition) is 1. The van der Waals surface area contributed by atoms with Crippen molar-refractivity contribution in [3.05, 3.63) is 17.3 Å². The van der Waals surface area contributed by atoms with Crippen LogP contribution in [0.5, 0.6) is 0 Å². The van der Waals surface area contributed by atoms with Crippen molar-refractivity contribution < 1.29 is 9.21 Å². The number of carbonyl (C=O) groups excluding carboxylic acids is 1. The molecule has 0 aliphatic heterocycles. The minimum absolute atomic E-state index is 0.0474. The molecule has 1 aliphatic carbocycles. The fraction of sp³-hybridized carbons (Fsp3) is 0.667. The lowest BCUT2D eigenvalue weighted by Crippen LogP contribution is -2.33. The minimum Gasteiger partial charge on any atom is -0.445 e. The molecule has 1 aliphatic rings. The van der Waals surface area contributed by atoms with E-state index in [2.05, 4.69) is 10.3 Å². The van der Waals surface area contributed by atoms with Gasteiger partial charge in [-0.1, -0.05) is 12.8 Å². The summed E-state index contributed by atoms with van der Waals surface area (Å²) in [6, 6.07) is 0.372. The van der Waals surface area contributed by atoms with E-state index >= 15 is 0 Å². The van der Waals surface area contributed by atoms with Crippen molar-refractivity contribution in [2.24, 2.45) is 0 Å². The average molecular weight is 222 g/mol. The van der Waals surface area contributed by atoms with Crippen LogP contribution in [0.25, 0.3) is 0 Å². The smallest absolute Gasteiger partial charge is 0.227 e. The lowest BCUT2D eigenvalue weighted by molar-refractivity contribution is -0.121. The van der Waals surface area contributed by atoms with E-state index in [9.17, 15) is 4.79 Å². The van der Waals surface area contributed by atoms with Gasteiger partial charge in [0.15, 0.2) is 5.89 Å². The molecule has 4 nitrogen and oxygen atoms in total. The van der Waals surface area contributed by atoms with E-state index in [-0.39, 0.29) is 5.91 Å². The number of nitrogens with one attached hydrogen (secondary N) is 1. The van der Waals surface area contributed by atoms with Crippen LogP contribution in [-0.4, -0.2) is 16.9 Å². The number of oxazole rings is 1. The molecule has 0 atom stereocenters. The summed E-state index contributed by atoms with van der Waals surface area (Å²) in [4.78, 5) is 15.9. The number of aryl methyl sites for hydroxylation is 2. The van der Waals surface area contributed by atoms with Gasteiger partial charge in [-0.2, -0.15) is 0 Å². The lowest BCUT2D eigenvalue weighted by atomic mass is 10.2.